The van der Waals surface area contributed by atoms with Crippen LogP contribution in [0.15, 0.2) is 51.5 Å². The van der Waals surface area contributed by atoms with Gasteiger partial charge in [-0.3, -0.25) is 9.59 Å². The number of nitrogens with one attached hydrogen (secondary N) is 1. The van der Waals surface area contributed by atoms with Crippen LogP contribution in [0.2, 0.25) is 0 Å². The highest BCUT2D eigenvalue weighted by molar-refractivity contribution is 6.31. The molecule has 0 fully saturated rings. The smallest absolute Gasteiger partial charge is 0.335 e. The number of alkyl halides is 1. The molecule has 3 N–H and O–H groups in total. The van der Waals surface area contributed by atoms with Crippen molar-refractivity contribution < 1.29 is 19.8 Å². The number of aromatic amines is 1. The predicted molar refractivity (Wildman–Crippen MR) is 155 cm³/mol. The van der Waals surface area contributed by atoms with Crippen molar-refractivity contribution in [1.82, 2.24) is 9.55 Å². The van der Waals surface area contributed by atoms with Gasteiger partial charge in [0.25, 0.3) is 0 Å². The molecule has 198 valence electrons. The monoisotopic (exact) mass is 564 g/mol. The summed E-state index contributed by atoms with van der Waals surface area (Å²) in [4.78, 5) is 53.5. The van der Waals surface area contributed by atoms with Crippen molar-refractivity contribution in [1.29, 1.82) is 0 Å². The number of allylic oxidation sites excluding steroid dienone is 1. The van der Waals surface area contributed by atoms with Crippen LogP contribution in [0.1, 0.15) is 44.5 Å². The van der Waals surface area contributed by atoms with Gasteiger partial charge in [-0.2, -0.15) is 0 Å². The summed E-state index contributed by atoms with van der Waals surface area (Å²) in [5, 5.41) is 20.6. The van der Waals surface area contributed by atoms with Crippen LogP contribution >= 0.6 is 23.2 Å². The van der Waals surface area contributed by atoms with Crippen molar-refractivity contribution in [2.24, 2.45) is 0 Å². The summed E-state index contributed by atoms with van der Waals surface area (Å²) in [6, 6.07) is 6.88. The first-order valence-corrected chi connectivity index (χ1v) is 12.5. The molecule has 2 aromatic carbocycles. The Morgan fingerprint density at radius 2 is 1.67 bits per heavy atom. The summed E-state index contributed by atoms with van der Waals surface area (Å²) in [5.41, 5.74) is 0.529. The molecule has 2 aromatic heterocycles. The third-order valence-corrected chi connectivity index (χ3v) is 6.49. The molecule has 4 aromatic rings. The fourth-order valence-corrected chi connectivity index (χ4v) is 4.83. The van der Waals surface area contributed by atoms with Gasteiger partial charge in [-0.05, 0) is 55.0 Å². The maximum atomic E-state index is 13.7. The van der Waals surface area contributed by atoms with Crippen molar-refractivity contribution in [2.45, 2.75) is 13.5 Å². The average Bonchev–Trinajstić information content (AvgIpc) is 2.88. The highest BCUT2D eigenvalue weighted by atomic mass is 35.5. The molecule has 0 unspecified atom stereocenters. The normalized spacial score (nSPS) is 12.3. The van der Waals surface area contributed by atoms with E-state index in [4.69, 9.17) is 23.2 Å². The number of pyridine rings is 2. The zero-order valence-electron chi connectivity index (χ0n) is 20.7. The number of rotatable bonds is 7. The molecule has 39 heavy (non-hydrogen) atoms. The van der Waals surface area contributed by atoms with Gasteiger partial charge >= 0.3 is 11.9 Å². The minimum absolute atomic E-state index is 0.0425. The Morgan fingerprint density at radius 3 is 2.21 bits per heavy atom. The van der Waals surface area contributed by atoms with Crippen molar-refractivity contribution in [2.75, 3.05) is 5.88 Å². The zero-order valence-corrected chi connectivity index (χ0v) is 22.2. The van der Waals surface area contributed by atoms with Gasteiger partial charge in [-0.15, -0.1) is 11.6 Å². The fraction of sp³-hybridized carbons (Fsp3) is 0.103. The molecule has 0 aliphatic carbocycles. The number of halogens is 2. The third-order valence-electron chi connectivity index (χ3n) is 6.23. The van der Waals surface area contributed by atoms with Crippen LogP contribution in [-0.4, -0.2) is 37.6 Å². The topological polar surface area (TPSA) is 129 Å². The van der Waals surface area contributed by atoms with Gasteiger partial charge < -0.3 is 19.8 Å². The van der Waals surface area contributed by atoms with E-state index >= 15 is 0 Å². The van der Waals surface area contributed by atoms with E-state index in [2.05, 4.69) is 18.1 Å². The third kappa shape index (κ3) is 5.16. The number of benzene rings is 2. The number of nitrogens with zero attached hydrogens (tertiary/aromatic N) is 1. The number of aromatic carboxylic acids is 2. The number of aromatic nitrogens is 2. The van der Waals surface area contributed by atoms with Gasteiger partial charge in [0.2, 0.25) is 0 Å². The lowest BCUT2D eigenvalue weighted by molar-refractivity contribution is 0.0696. The van der Waals surface area contributed by atoms with Crippen LogP contribution in [0.3, 0.4) is 0 Å². The molecule has 8 nitrogen and oxygen atoms in total. The first kappa shape index (κ1) is 27.6. The number of carboxylic acids is 2. The molecule has 0 spiro atoms. The SMILES string of the molecule is C=Cc1c(/C=C(\C)Cl)c(=O)c2cc3[nH]c(=C)/c(=C\CCl)c(=O)c3cc2n1Cc1cc(C(=O)O)cc(C(=O)O)c1. The maximum Gasteiger partial charge on any atom is 0.335 e. The van der Waals surface area contributed by atoms with Gasteiger partial charge in [0.15, 0.2) is 10.9 Å². The summed E-state index contributed by atoms with van der Waals surface area (Å²) >= 11 is 12.0. The molecule has 0 saturated heterocycles. The second-order valence-corrected chi connectivity index (χ2v) is 9.70. The lowest BCUT2D eigenvalue weighted by atomic mass is 10.0. The summed E-state index contributed by atoms with van der Waals surface area (Å²) in [6.45, 7) is 9.31. The van der Waals surface area contributed by atoms with Gasteiger partial charge in [0.05, 0.1) is 27.9 Å². The van der Waals surface area contributed by atoms with E-state index in [9.17, 15) is 29.4 Å². The zero-order chi connectivity index (χ0) is 28.6. The van der Waals surface area contributed by atoms with Crippen molar-refractivity contribution in [3.05, 3.63) is 101 Å². The van der Waals surface area contributed by atoms with E-state index < -0.39 is 11.9 Å². The lowest BCUT2D eigenvalue weighted by Crippen LogP contribution is -2.40. The number of hydrogen-bond donors (Lipinski definition) is 3. The molecule has 0 aliphatic heterocycles. The van der Waals surface area contributed by atoms with Gasteiger partial charge in [0.1, 0.15) is 0 Å². The molecule has 2 heterocycles. The highest BCUT2D eigenvalue weighted by Crippen LogP contribution is 2.25. The van der Waals surface area contributed by atoms with Gasteiger partial charge in [-0.1, -0.05) is 30.8 Å². The molecule has 4 rings (SSSR count). The second kappa shape index (κ2) is 10.8. The Balaban J connectivity index is 2.19. The summed E-state index contributed by atoms with van der Waals surface area (Å²) in [5.74, 6) is -2.49. The average molecular weight is 565 g/mol. The van der Waals surface area contributed by atoms with E-state index in [1.54, 1.807) is 23.6 Å². The van der Waals surface area contributed by atoms with Crippen LogP contribution in [-0.2, 0) is 6.54 Å². The number of carbonyl (C=O) groups is 2. The number of carboxylic acid groups (broad SMARTS) is 2. The number of fused-ring (bicyclic) bond motifs is 2. The second-order valence-electron chi connectivity index (χ2n) is 8.80. The Labute approximate surface area is 231 Å². The summed E-state index contributed by atoms with van der Waals surface area (Å²) in [7, 11) is 0. The van der Waals surface area contributed by atoms with Gasteiger partial charge in [0, 0.05) is 44.4 Å². The Hall–Kier alpha value is -4.40. The Kier molecular flexibility index (Phi) is 7.63. The quantitative estimate of drug-likeness (QED) is 0.230. The molecular weight excluding hydrogens is 543 g/mol. The predicted octanol–water partition coefficient (Wildman–Crippen LogP) is 3.96. The molecule has 0 atom stereocenters. The standard InChI is InChI=1S/C29H22Cl2N2O6/c1-4-24-21(7-14(2)31)27(35)22-11-23-20(26(34)19(5-6-30)15(3)32-23)12-25(22)33(24)13-16-8-17(28(36)37)10-18(9-16)29(38)39/h4-5,7-12,32H,1,3,6,13H2,2H3,(H,36,37)(H,38,39)/b14-7+,19-5+. The van der Waals surface area contributed by atoms with Crippen LogP contribution in [0.4, 0.5) is 0 Å². The fourth-order valence-electron chi connectivity index (χ4n) is 4.57. The molecule has 10 heteroatoms. The summed E-state index contributed by atoms with van der Waals surface area (Å²) < 4.78 is 1.67. The van der Waals surface area contributed by atoms with E-state index in [0.29, 0.717) is 37.9 Å². The number of hydrogen-bond acceptors (Lipinski definition) is 4. The van der Waals surface area contributed by atoms with Crippen LogP contribution in [0, 0.1) is 0 Å². The Bertz CT molecular complexity index is 1950. The maximum absolute atomic E-state index is 13.7. The lowest BCUT2D eigenvalue weighted by Gasteiger charge is -2.19. The van der Waals surface area contributed by atoms with E-state index in [0.717, 1.165) is 6.07 Å². The van der Waals surface area contributed by atoms with Crippen molar-refractivity contribution in [3.63, 3.8) is 0 Å². The molecule has 0 amide bonds. The first-order valence-electron chi connectivity index (χ1n) is 11.5. The van der Waals surface area contributed by atoms with Crippen molar-refractivity contribution >= 4 is 81.8 Å². The minimum Gasteiger partial charge on any atom is -0.478 e. The molecule has 0 bridgehead atoms. The van der Waals surface area contributed by atoms with E-state index in [1.165, 1.54) is 30.4 Å². The van der Waals surface area contributed by atoms with E-state index in [-0.39, 0.29) is 50.7 Å². The minimum atomic E-state index is -1.29. The molecule has 0 radical (unpaired) electrons. The first-order chi connectivity index (χ1) is 18.5. The van der Waals surface area contributed by atoms with Gasteiger partial charge in [-0.25, -0.2) is 9.59 Å². The van der Waals surface area contributed by atoms with Crippen molar-refractivity contribution in [3.8, 4) is 0 Å². The largest absolute Gasteiger partial charge is 0.478 e. The van der Waals surface area contributed by atoms with Crippen LogP contribution < -0.4 is 21.4 Å². The molecule has 0 aliphatic rings. The number of H-pyrrole nitrogens is 1. The molecular formula is C29H22Cl2N2O6. The van der Waals surface area contributed by atoms with E-state index in [1.807, 2.05) is 0 Å². The van der Waals surface area contributed by atoms with Crippen LogP contribution in [0.25, 0.3) is 46.6 Å². The van der Waals surface area contributed by atoms with Crippen LogP contribution in [0.5, 0.6) is 0 Å². The summed E-state index contributed by atoms with van der Waals surface area (Å²) in [6.07, 6.45) is 4.48. The highest BCUT2D eigenvalue weighted by Gasteiger charge is 2.18. The molecule has 0 saturated carbocycles. The Morgan fingerprint density at radius 1 is 1.03 bits per heavy atom.